The second-order valence-corrected chi connectivity index (χ2v) is 11.4. The molecule has 0 N–H and O–H groups in total. The van der Waals surface area contributed by atoms with Gasteiger partial charge in [-0.15, -0.1) is 0 Å². The molecule has 0 aliphatic heterocycles. The minimum atomic E-state index is 0.639. The first-order valence-electron chi connectivity index (χ1n) is 14.8. The largest absolute Gasteiger partial charge is 0.455 e. The van der Waals surface area contributed by atoms with Crippen LogP contribution >= 0.6 is 0 Å². The van der Waals surface area contributed by atoms with E-state index >= 15 is 0 Å². The number of rotatable bonds is 2. The molecule has 4 nitrogen and oxygen atoms in total. The Hall–Kier alpha value is -6.00. The molecule has 0 atom stereocenters. The summed E-state index contributed by atoms with van der Waals surface area (Å²) in [6, 6.07) is 48.8. The Morgan fingerprint density at radius 3 is 2.09 bits per heavy atom. The maximum Gasteiger partial charge on any atom is 0.235 e. The van der Waals surface area contributed by atoms with Crippen molar-refractivity contribution in [1.82, 2.24) is 14.5 Å². The van der Waals surface area contributed by atoms with Gasteiger partial charge in [0.1, 0.15) is 11.2 Å². The zero-order valence-electron chi connectivity index (χ0n) is 23.5. The van der Waals surface area contributed by atoms with E-state index in [1.165, 1.54) is 21.5 Å². The summed E-state index contributed by atoms with van der Waals surface area (Å²) < 4.78 is 8.97. The van der Waals surface area contributed by atoms with Crippen LogP contribution in [0.3, 0.4) is 0 Å². The Balaban J connectivity index is 1.35. The Morgan fingerprint density at radius 2 is 1.18 bits per heavy atom. The van der Waals surface area contributed by atoms with Crippen LogP contribution in [0.1, 0.15) is 0 Å². The molecule has 0 fully saturated rings. The van der Waals surface area contributed by atoms with E-state index in [-0.39, 0.29) is 0 Å². The van der Waals surface area contributed by atoms with Crippen molar-refractivity contribution in [3.63, 3.8) is 0 Å². The predicted molar refractivity (Wildman–Crippen MR) is 182 cm³/mol. The molecule has 44 heavy (non-hydrogen) atoms. The van der Waals surface area contributed by atoms with Gasteiger partial charge < -0.3 is 4.42 Å². The van der Waals surface area contributed by atoms with E-state index in [1.54, 1.807) is 0 Å². The van der Waals surface area contributed by atoms with E-state index in [0.717, 1.165) is 65.9 Å². The number of aromatic nitrogens is 3. The van der Waals surface area contributed by atoms with Crippen LogP contribution < -0.4 is 0 Å². The molecular weight excluding hydrogens is 538 g/mol. The molecule has 0 unspecified atom stereocenters. The molecule has 10 aromatic rings. The molecule has 3 aromatic heterocycles. The van der Waals surface area contributed by atoms with Crippen LogP contribution in [0.5, 0.6) is 0 Å². The molecule has 10 rings (SSSR count). The Labute approximate surface area is 251 Å². The van der Waals surface area contributed by atoms with E-state index < -0.39 is 0 Å². The highest BCUT2D eigenvalue weighted by atomic mass is 16.3. The molecular formula is C40H23N3O. The molecule has 0 amide bonds. The molecule has 0 bridgehead atoms. The third-order valence-electron chi connectivity index (χ3n) is 8.98. The van der Waals surface area contributed by atoms with Crippen LogP contribution in [-0.2, 0) is 0 Å². The van der Waals surface area contributed by atoms with Gasteiger partial charge in [0, 0.05) is 32.5 Å². The lowest BCUT2D eigenvalue weighted by Gasteiger charge is -2.11. The van der Waals surface area contributed by atoms with Crippen molar-refractivity contribution in [2.24, 2.45) is 0 Å². The van der Waals surface area contributed by atoms with Crippen molar-refractivity contribution in [2.45, 2.75) is 0 Å². The average Bonchev–Trinajstić information content (AvgIpc) is 3.64. The van der Waals surface area contributed by atoms with Crippen LogP contribution in [0, 0.1) is 0 Å². The maximum atomic E-state index is 6.79. The van der Waals surface area contributed by atoms with Crippen molar-refractivity contribution in [3.05, 3.63) is 140 Å². The summed E-state index contributed by atoms with van der Waals surface area (Å²) in [4.78, 5) is 10.4. The molecule has 7 aromatic carbocycles. The SMILES string of the molecule is c1ccc(-c2nc(-n3c4ccccc4c4c5oc6ccc7ccc8ccccc8c7c6c5ccc43)nc3ccccc23)cc1. The van der Waals surface area contributed by atoms with Gasteiger partial charge in [-0.25, -0.2) is 9.97 Å². The van der Waals surface area contributed by atoms with Gasteiger partial charge >= 0.3 is 0 Å². The monoisotopic (exact) mass is 561 g/mol. The first kappa shape index (κ1) is 23.6. The minimum absolute atomic E-state index is 0.639. The first-order chi connectivity index (χ1) is 21.8. The van der Waals surface area contributed by atoms with Crippen molar-refractivity contribution < 1.29 is 4.42 Å². The highest BCUT2D eigenvalue weighted by Crippen LogP contribution is 2.43. The third-order valence-corrected chi connectivity index (χ3v) is 8.98. The number of furan rings is 1. The van der Waals surface area contributed by atoms with Crippen LogP contribution in [-0.4, -0.2) is 14.5 Å². The topological polar surface area (TPSA) is 43.9 Å². The van der Waals surface area contributed by atoms with Crippen LogP contribution in [0.4, 0.5) is 0 Å². The van der Waals surface area contributed by atoms with Crippen LogP contribution in [0.25, 0.3) is 93.4 Å². The number of para-hydroxylation sites is 2. The summed E-state index contributed by atoms with van der Waals surface area (Å²) in [7, 11) is 0. The van der Waals surface area contributed by atoms with E-state index in [2.05, 4.69) is 126 Å². The molecule has 3 heterocycles. The minimum Gasteiger partial charge on any atom is -0.455 e. The number of benzene rings is 7. The van der Waals surface area contributed by atoms with Gasteiger partial charge in [0.25, 0.3) is 0 Å². The highest BCUT2D eigenvalue weighted by molar-refractivity contribution is 6.31. The summed E-state index contributed by atoms with van der Waals surface area (Å²) in [6.45, 7) is 0. The fraction of sp³-hybridized carbons (Fsp3) is 0. The third kappa shape index (κ3) is 3.17. The summed E-state index contributed by atoms with van der Waals surface area (Å²) in [5, 5.41) is 10.4. The Bertz CT molecular complexity index is 2770. The Kier molecular flexibility index (Phi) is 4.69. The van der Waals surface area contributed by atoms with E-state index in [1.807, 2.05) is 18.2 Å². The molecule has 4 heteroatoms. The van der Waals surface area contributed by atoms with Gasteiger partial charge in [-0.2, -0.15) is 0 Å². The van der Waals surface area contributed by atoms with Gasteiger partial charge in [-0.05, 0) is 46.5 Å². The lowest BCUT2D eigenvalue weighted by molar-refractivity contribution is 0.673. The van der Waals surface area contributed by atoms with E-state index in [4.69, 9.17) is 14.4 Å². The maximum absolute atomic E-state index is 6.79. The molecule has 204 valence electrons. The van der Waals surface area contributed by atoms with Crippen LogP contribution in [0.2, 0.25) is 0 Å². The fourth-order valence-electron chi connectivity index (χ4n) is 7.07. The standard InChI is InChI=1S/C40H23N3O/c1-2-11-26(12-3-1)38-28-14-6-8-16-31(28)41-40(42-38)43-32-17-9-7-15-29(32)36-33(43)22-21-30-37-34(44-39(30)36)23-20-25-19-18-24-10-4-5-13-27(24)35(25)37/h1-23H. The molecule has 0 aliphatic rings. The fourth-order valence-corrected chi connectivity index (χ4v) is 7.07. The lowest BCUT2D eigenvalue weighted by Crippen LogP contribution is -2.03. The van der Waals surface area contributed by atoms with Crippen molar-refractivity contribution >= 4 is 76.2 Å². The smallest absolute Gasteiger partial charge is 0.235 e. The average molecular weight is 562 g/mol. The number of hydrogen-bond acceptors (Lipinski definition) is 3. The van der Waals surface area contributed by atoms with Gasteiger partial charge in [-0.3, -0.25) is 4.57 Å². The number of hydrogen-bond donors (Lipinski definition) is 0. The van der Waals surface area contributed by atoms with Gasteiger partial charge in [0.05, 0.1) is 27.6 Å². The van der Waals surface area contributed by atoms with Gasteiger partial charge in [0.15, 0.2) is 0 Å². The predicted octanol–water partition coefficient (Wildman–Crippen LogP) is 10.6. The zero-order chi connectivity index (χ0) is 28.8. The molecule has 0 aliphatic carbocycles. The van der Waals surface area contributed by atoms with Gasteiger partial charge in [0.2, 0.25) is 5.95 Å². The zero-order valence-corrected chi connectivity index (χ0v) is 23.5. The van der Waals surface area contributed by atoms with Crippen molar-refractivity contribution in [1.29, 1.82) is 0 Å². The molecule has 0 spiro atoms. The molecule has 0 saturated heterocycles. The Morgan fingerprint density at radius 1 is 0.455 bits per heavy atom. The number of nitrogens with zero attached hydrogens (tertiary/aromatic N) is 3. The normalized spacial score (nSPS) is 12.1. The second kappa shape index (κ2) is 8.76. The quantitative estimate of drug-likeness (QED) is 0.197. The first-order valence-corrected chi connectivity index (χ1v) is 14.8. The van der Waals surface area contributed by atoms with E-state index in [9.17, 15) is 0 Å². The second-order valence-electron chi connectivity index (χ2n) is 11.4. The highest BCUT2D eigenvalue weighted by Gasteiger charge is 2.22. The summed E-state index contributed by atoms with van der Waals surface area (Å²) in [5.41, 5.74) is 6.72. The van der Waals surface area contributed by atoms with Crippen molar-refractivity contribution in [3.8, 4) is 17.2 Å². The molecule has 0 saturated carbocycles. The molecule has 0 radical (unpaired) electrons. The summed E-state index contributed by atoms with van der Waals surface area (Å²) in [6.07, 6.45) is 0. The summed E-state index contributed by atoms with van der Waals surface area (Å²) in [5.74, 6) is 0.639. The van der Waals surface area contributed by atoms with Crippen molar-refractivity contribution in [2.75, 3.05) is 0 Å². The lowest BCUT2D eigenvalue weighted by atomic mass is 9.97. The summed E-state index contributed by atoms with van der Waals surface area (Å²) >= 11 is 0. The van der Waals surface area contributed by atoms with Crippen LogP contribution in [0.15, 0.2) is 144 Å². The number of fused-ring (bicyclic) bond motifs is 12. The van der Waals surface area contributed by atoms with Gasteiger partial charge in [-0.1, -0.05) is 109 Å². The van der Waals surface area contributed by atoms with E-state index in [0.29, 0.717) is 5.95 Å².